The second-order valence-electron chi connectivity index (χ2n) is 7.31. The zero-order valence-electron chi connectivity index (χ0n) is 18.0. The van der Waals surface area contributed by atoms with Crippen LogP contribution in [0, 0.1) is 0 Å². The molecule has 0 saturated heterocycles. The lowest BCUT2D eigenvalue weighted by Crippen LogP contribution is -2.36. The van der Waals surface area contributed by atoms with Crippen LogP contribution < -0.4 is 10.8 Å². The van der Waals surface area contributed by atoms with Crippen LogP contribution >= 0.6 is 11.3 Å². The van der Waals surface area contributed by atoms with Gasteiger partial charge in [0.1, 0.15) is 11.5 Å². The number of nitrogens with one attached hydrogen (secondary N) is 2. The lowest BCUT2D eigenvalue weighted by molar-refractivity contribution is -0.158. The van der Waals surface area contributed by atoms with Crippen molar-refractivity contribution in [3.8, 4) is 11.1 Å². The van der Waals surface area contributed by atoms with Gasteiger partial charge in [0.05, 0.1) is 12.8 Å². The van der Waals surface area contributed by atoms with Gasteiger partial charge in [-0.1, -0.05) is 59.9 Å². The summed E-state index contributed by atoms with van der Waals surface area (Å²) in [5.41, 5.74) is 6.48. The minimum atomic E-state index is -1.36. The minimum absolute atomic E-state index is 0.0813. The van der Waals surface area contributed by atoms with E-state index >= 15 is 0 Å². The van der Waals surface area contributed by atoms with Crippen molar-refractivity contribution in [3.05, 3.63) is 70.7 Å². The molecule has 10 nitrogen and oxygen atoms in total. The van der Waals surface area contributed by atoms with E-state index in [2.05, 4.69) is 10.3 Å². The Balaban J connectivity index is 1.33. The van der Waals surface area contributed by atoms with E-state index in [9.17, 15) is 14.4 Å². The highest BCUT2D eigenvalue weighted by Crippen LogP contribution is 2.44. The summed E-state index contributed by atoms with van der Waals surface area (Å²) in [6.07, 6.45) is -0.833. The van der Waals surface area contributed by atoms with Crippen LogP contribution in [-0.2, 0) is 19.1 Å². The second-order valence-corrected chi connectivity index (χ2v) is 8.34. The Labute approximate surface area is 198 Å². The van der Waals surface area contributed by atoms with Gasteiger partial charge in [0, 0.05) is 13.0 Å². The predicted octanol–water partition coefficient (Wildman–Crippen LogP) is 3.27. The number of methoxy groups -OCH3 is 1. The number of amides is 2. The normalized spacial score (nSPS) is 13.0. The summed E-state index contributed by atoms with van der Waals surface area (Å²) < 4.78 is 10.2. The van der Waals surface area contributed by atoms with Gasteiger partial charge in [-0.2, -0.15) is 0 Å². The molecular formula is C23H21N3O7S. The third-order valence-corrected chi connectivity index (χ3v) is 6.08. The molecule has 2 aromatic carbocycles. The molecule has 0 aliphatic heterocycles. The quantitative estimate of drug-likeness (QED) is 0.395. The number of aliphatic carboxylic acids is 1. The summed E-state index contributed by atoms with van der Waals surface area (Å²) in [6, 6.07) is 16.0. The van der Waals surface area contributed by atoms with Crippen LogP contribution in [0.5, 0.6) is 0 Å². The smallest absolute Gasteiger partial charge is 0.413 e. The van der Waals surface area contributed by atoms with Gasteiger partial charge in [-0.15, -0.1) is 0 Å². The van der Waals surface area contributed by atoms with Gasteiger partial charge in [0.25, 0.3) is 5.91 Å². The van der Waals surface area contributed by atoms with Gasteiger partial charge in [0.15, 0.2) is 5.13 Å². The number of fused-ring (bicyclic) bond motifs is 3. The molecule has 4 rings (SSSR count). The maximum atomic E-state index is 12.4. The van der Waals surface area contributed by atoms with E-state index in [1.54, 1.807) is 0 Å². The molecule has 1 heterocycles. The number of benzene rings is 2. The fourth-order valence-electron chi connectivity index (χ4n) is 3.64. The first-order chi connectivity index (χ1) is 16.5. The maximum Gasteiger partial charge on any atom is 0.413 e. The number of anilines is 1. The molecule has 0 radical (unpaired) electrons. The molecule has 0 saturated carbocycles. The number of hydrogen-bond donors (Lipinski definition) is 3. The highest BCUT2D eigenvalue weighted by molar-refractivity contribution is 7.17. The lowest BCUT2D eigenvalue weighted by Gasteiger charge is -2.14. The number of ether oxygens (including phenoxy) is 2. The Bertz CT molecular complexity index is 1170. The van der Waals surface area contributed by atoms with Crippen LogP contribution in [0.1, 0.15) is 26.7 Å². The van der Waals surface area contributed by atoms with Gasteiger partial charge < -0.3 is 14.6 Å². The average Bonchev–Trinajstić information content (AvgIpc) is 3.43. The number of nitrogens with zero attached hydrogens (tertiary/aromatic N) is 1. The van der Waals surface area contributed by atoms with E-state index in [-0.39, 0.29) is 29.1 Å². The standard InChI is InChI=1S/C23H21N3O7S/c1-31-12-18(21(28)29)33-26-20(27)19-10-24-22(34-19)25-23(30)32-11-17-15-8-4-2-6-13(15)14-7-3-5-9-16(14)17/h2-10,17-18H,11-12H2,1H3,(H,26,27)(H,28,29)(H,24,25,30). The maximum absolute atomic E-state index is 12.4. The zero-order valence-corrected chi connectivity index (χ0v) is 18.8. The van der Waals surface area contributed by atoms with E-state index in [1.807, 2.05) is 54.0 Å². The van der Waals surface area contributed by atoms with Gasteiger partial charge in [0.2, 0.25) is 6.10 Å². The number of hydrogen-bond acceptors (Lipinski definition) is 8. The topological polar surface area (TPSA) is 136 Å². The molecule has 34 heavy (non-hydrogen) atoms. The first-order valence-corrected chi connectivity index (χ1v) is 11.0. The number of carboxylic acids is 1. The molecule has 1 aliphatic carbocycles. The number of carbonyl (C=O) groups is 3. The van der Waals surface area contributed by atoms with Crippen molar-refractivity contribution in [1.82, 2.24) is 10.5 Å². The summed E-state index contributed by atoms with van der Waals surface area (Å²) in [5.74, 6) is -2.08. The number of hydroxylamine groups is 1. The summed E-state index contributed by atoms with van der Waals surface area (Å²) in [4.78, 5) is 44.5. The first-order valence-electron chi connectivity index (χ1n) is 10.2. The number of thiazole rings is 1. The first kappa shape index (κ1) is 23.4. The fourth-order valence-corrected chi connectivity index (χ4v) is 4.33. The number of aromatic nitrogens is 1. The molecule has 3 aromatic rings. The zero-order chi connectivity index (χ0) is 24.1. The van der Waals surface area contributed by atoms with Crippen LogP contribution in [0.25, 0.3) is 11.1 Å². The van der Waals surface area contributed by atoms with E-state index in [0.29, 0.717) is 0 Å². The molecule has 176 valence electrons. The summed E-state index contributed by atoms with van der Waals surface area (Å²) in [7, 11) is 1.31. The third kappa shape index (κ3) is 5.06. The molecule has 0 fully saturated rings. The third-order valence-electron chi connectivity index (χ3n) is 5.17. The van der Waals surface area contributed by atoms with Crippen molar-refractivity contribution in [2.75, 3.05) is 25.6 Å². The molecule has 0 bridgehead atoms. The highest BCUT2D eigenvalue weighted by atomic mass is 32.1. The molecule has 1 unspecified atom stereocenters. The molecular weight excluding hydrogens is 462 g/mol. The largest absolute Gasteiger partial charge is 0.479 e. The van der Waals surface area contributed by atoms with Crippen molar-refractivity contribution in [3.63, 3.8) is 0 Å². The van der Waals surface area contributed by atoms with Gasteiger partial charge >= 0.3 is 12.1 Å². The van der Waals surface area contributed by atoms with E-state index in [4.69, 9.17) is 19.4 Å². The van der Waals surface area contributed by atoms with Crippen LogP contribution in [-0.4, -0.2) is 54.5 Å². The van der Waals surface area contributed by atoms with Crippen LogP contribution in [0.15, 0.2) is 54.7 Å². The predicted molar refractivity (Wildman–Crippen MR) is 123 cm³/mol. The Hall–Kier alpha value is -3.80. The summed E-state index contributed by atoms with van der Waals surface area (Å²) in [6.45, 7) is -0.102. The number of carboxylic acid groups (broad SMARTS) is 1. The summed E-state index contributed by atoms with van der Waals surface area (Å²) in [5, 5.41) is 11.7. The van der Waals surface area contributed by atoms with Crippen molar-refractivity contribution < 1.29 is 33.8 Å². The molecule has 1 aliphatic rings. The minimum Gasteiger partial charge on any atom is -0.479 e. The SMILES string of the molecule is COCC(ONC(=O)c1cnc(NC(=O)OCC2c3ccccc3-c3ccccc32)s1)C(=O)O. The Morgan fingerprint density at radius 3 is 2.35 bits per heavy atom. The monoisotopic (exact) mass is 483 g/mol. The van der Waals surface area contributed by atoms with E-state index < -0.39 is 24.1 Å². The van der Waals surface area contributed by atoms with Gasteiger partial charge in [-0.3, -0.25) is 14.9 Å². The Morgan fingerprint density at radius 2 is 1.74 bits per heavy atom. The molecule has 11 heteroatoms. The lowest BCUT2D eigenvalue weighted by atomic mass is 9.98. The van der Waals surface area contributed by atoms with Crippen molar-refractivity contribution in [2.45, 2.75) is 12.0 Å². The van der Waals surface area contributed by atoms with Gasteiger partial charge in [-0.05, 0) is 22.3 Å². The highest BCUT2D eigenvalue weighted by Gasteiger charge is 2.29. The van der Waals surface area contributed by atoms with Gasteiger partial charge in [-0.25, -0.2) is 20.1 Å². The Kier molecular flexibility index (Phi) is 7.16. The molecule has 0 spiro atoms. The summed E-state index contributed by atoms with van der Waals surface area (Å²) >= 11 is 0.884. The van der Waals surface area contributed by atoms with E-state index in [0.717, 1.165) is 33.6 Å². The number of carbonyl (C=O) groups excluding carboxylic acids is 2. The van der Waals surface area contributed by atoms with Crippen molar-refractivity contribution in [1.29, 1.82) is 0 Å². The van der Waals surface area contributed by atoms with E-state index in [1.165, 1.54) is 13.3 Å². The van der Waals surface area contributed by atoms with Crippen LogP contribution in [0.3, 0.4) is 0 Å². The van der Waals surface area contributed by atoms with Crippen molar-refractivity contribution >= 4 is 34.4 Å². The van der Waals surface area contributed by atoms with Crippen molar-refractivity contribution in [2.24, 2.45) is 0 Å². The number of rotatable bonds is 9. The molecule has 1 aromatic heterocycles. The Morgan fingerprint density at radius 1 is 1.09 bits per heavy atom. The van der Waals surface area contributed by atoms with Crippen LogP contribution in [0.4, 0.5) is 9.93 Å². The molecule has 1 atom stereocenters. The molecule has 3 N–H and O–H groups in total. The fraction of sp³-hybridized carbons (Fsp3) is 0.217. The molecule has 2 amide bonds. The average molecular weight is 484 g/mol. The van der Waals surface area contributed by atoms with Crippen LogP contribution in [0.2, 0.25) is 0 Å². The second kappa shape index (κ2) is 10.4.